The fourth-order valence-corrected chi connectivity index (χ4v) is 2.36. The maximum absolute atomic E-state index is 12.3. The highest BCUT2D eigenvalue weighted by atomic mass is 16.3. The molecular weight excluding hydrogens is 240 g/mol. The van der Waals surface area contributed by atoms with E-state index in [0.29, 0.717) is 18.9 Å². The molecule has 104 valence electrons. The number of aliphatic hydroxyl groups is 1. The summed E-state index contributed by atoms with van der Waals surface area (Å²) in [7, 11) is 1.79. The van der Waals surface area contributed by atoms with Crippen LogP contribution in [0, 0.1) is 0 Å². The van der Waals surface area contributed by atoms with Crippen LogP contribution in [0.5, 0.6) is 0 Å². The Hall–Kier alpha value is -1.39. The Balaban J connectivity index is 2.12. The van der Waals surface area contributed by atoms with Crippen LogP contribution in [-0.2, 0) is 4.79 Å². The van der Waals surface area contributed by atoms with Crippen LogP contribution in [0.2, 0.25) is 0 Å². The number of β-amino-alcohol motifs (C(OH)–C–C–N with tert-alkyl or cyclic N) is 1. The highest BCUT2D eigenvalue weighted by molar-refractivity contribution is 5.97. The molecule has 1 aromatic rings. The summed E-state index contributed by atoms with van der Waals surface area (Å²) in [6.07, 6.45) is 0.0805. The fraction of sp³-hybridized carbons (Fsp3) is 0.533. The number of nitrogens with zero attached hydrogens (tertiary/aromatic N) is 1. The summed E-state index contributed by atoms with van der Waals surface area (Å²) in [5.74, 6) is 0.451. The third-order valence-corrected chi connectivity index (χ3v) is 3.66. The number of carbonyl (C=O) groups is 1. The van der Waals surface area contributed by atoms with Gasteiger partial charge in [-0.2, -0.15) is 0 Å². The standard InChI is InChI=1S/C15H22N2O2/c1-10(2)11-5-4-6-12(7-11)17(3)15(19)14-8-13(18)9-16-14/h4-7,10,13-14,16,18H,8-9H2,1-3H3. The molecule has 1 fully saturated rings. The molecule has 2 N–H and O–H groups in total. The number of amides is 1. The van der Waals surface area contributed by atoms with Crippen LogP contribution in [-0.4, -0.2) is 36.8 Å². The van der Waals surface area contributed by atoms with Gasteiger partial charge >= 0.3 is 0 Å². The molecule has 0 spiro atoms. The second-order valence-corrected chi connectivity index (χ2v) is 5.50. The van der Waals surface area contributed by atoms with Gasteiger partial charge in [-0.25, -0.2) is 0 Å². The minimum Gasteiger partial charge on any atom is -0.392 e. The number of hydrogen-bond donors (Lipinski definition) is 2. The Morgan fingerprint density at radius 2 is 2.21 bits per heavy atom. The van der Waals surface area contributed by atoms with Crippen molar-refractivity contribution < 1.29 is 9.90 Å². The molecule has 1 saturated heterocycles. The third-order valence-electron chi connectivity index (χ3n) is 3.66. The lowest BCUT2D eigenvalue weighted by atomic mass is 10.0. The first-order valence-corrected chi connectivity index (χ1v) is 6.78. The summed E-state index contributed by atoms with van der Waals surface area (Å²) in [5.41, 5.74) is 2.12. The zero-order valence-electron chi connectivity index (χ0n) is 11.8. The lowest BCUT2D eigenvalue weighted by Gasteiger charge is -2.22. The first kappa shape index (κ1) is 14.0. The van der Waals surface area contributed by atoms with Crippen molar-refractivity contribution in [2.45, 2.75) is 38.3 Å². The maximum Gasteiger partial charge on any atom is 0.243 e. The van der Waals surface area contributed by atoms with Crippen molar-refractivity contribution in [2.75, 3.05) is 18.5 Å². The van der Waals surface area contributed by atoms with E-state index in [4.69, 9.17) is 0 Å². The first-order chi connectivity index (χ1) is 8.99. The first-order valence-electron chi connectivity index (χ1n) is 6.78. The number of aliphatic hydroxyl groups excluding tert-OH is 1. The molecule has 2 unspecified atom stereocenters. The van der Waals surface area contributed by atoms with E-state index >= 15 is 0 Å². The van der Waals surface area contributed by atoms with E-state index in [-0.39, 0.29) is 11.9 Å². The Kier molecular flexibility index (Phi) is 4.22. The lowest BCUT2D eigenvalue weighted by molar-refractivity contribution is -0.120. The zero-order chi connectivity index (χ0) is 14.0. The zero-order valence-corrected chi connectivity index (χ0v) is 11.8. The molecule has 1 amide bonds. The third kappa shape index (κ3) is 3.14. The van der Waals surface area contributed by atoms with Crippen LogP contribution in [0.15, 0.2) is 24.3 Å². The van der Waals surface area contributed by atoms with E-state index in [9.17, 15) is 9.90 Å². The molecule has 4 heteroatoms. The van der Waals surface area contributed by atoms with Crippen molar-refractivity contribution in [2.24, 2.45) is 0 Å². The van der Waals surface area contributed by atoms with Gasteiger partial charge in [0.05, 0.1) is 12.1 Å². The van der Waals surface area contributed by atoms with Crippen molar-refractivity contribution in [3.05, 3.63) is 29.8 Å². The Bertz CT molecular complexity index is 459. The van der Waals surface area contributed by atoms with Crippen LogP contribution in [0.4, 0.5) is 5.69 Å². The van der Waals surface area contributed by atoms with Crippen molar-refractivity contribution in [3.63, 3.8) is 0 Å². The number of hydrogen-bond acceptors (Lipinski definition) is 3. The largest absolute Gasteiger partial charge is 0.392 e. The highest BCUT2D eigenvalue weighted by Gasteiger charge is 2.30. The molecule has 1 aliphatic rings. The van der Waals surface area contributed by atoms with Gasteiger partial charge in [0.1, 0.15) is 0 Å². The minimum atomic E-state index is -0.413. The summed E-state index contributed by atoms with van der Waals surface area (Å²) in [5, 5.41) is 12.5. The molecule has 19 heavy (non-hydrogen) atoms. The number of rotatable bonds is 3. The Labute approximate surface area is 114 Å². The molecule has 0 radical (unpaired) electrons. The van der Waals surface area contributed by atoms with Crippen molar-refractivity contribution >= 4 is 11.6 Å². The van der Waals surface area contributed by atoms with Crippen LogP contribution < -0.4 is 10.2 Å². The second-order valence-electron chi connectivity index (χ2n) is 5.50. The molecule has 2 atom stereocenters. The van der Waals surface area contributed by atoms with Crippen LogP contribution in [0.25, 0.3) is 0 Å². The molecule has 2 rings (SSSR count). The average molecular weight is 262 g/mol. The number of likely N-dealkylation sites (N-methyl/N-ethyl adjacent to an activating group) is 1. The topological polar surface area (TPSA) is 52.6 Å². The van der Waals surface area contributed by atoms with Gasteiger partial charge < -0.3 is 15.3 Å². The molecular formula is C15H22N2O2. The van der Waals surface area contributed by atoms with Gasteiger partial charge in [0.15, 0.2) is 0 Å². The number of anilines is 1. The molecule has 1 heterocycles. The average Bonchev–Trinajstić information content (AvgIpc) is 2.84. The second kappa shape index (κ2) is 5.72. The predicted octanol–water partition coefficient (Wildman–Crippen LogP) is 1.50. The number of carbonyl (C=O) groups excluding carboxylic acids is 1. The van der Waals surface area contributed by atoms with Crippen molar-refractivity contribution in [3.8, 4) is 0 Å². The smallest absolute Gasteiger partial charge is 0.243 e. The van der Waals surface area contributed by atoms with Gasteiger partial charge in [-0.05, 0) is 30.0 Å². The molecule has 0 aromatic heterocycles. The van der Waals surface area contributed by atoms with E-state index in [1.54, 1.807) is 11.9 Å². The van der Waals surface area contributed by atoms with Crippen LogP contribution >= 0.6 is 0 Å². The Morgan fingerprint density at radius 3 is 2.79 bits per heavy atom. The van der Waals surface area contributed by atoms with Gasteiger partial charge in [-0.15, -0.1) is 0 Å². The minimum absolute atomic E-state index is 0.0115. The summed E-state index contributed by atoms with van der Waals surface area (Å²) >= 11 is 0. The maximum atomic E-state index is 12.3. The SMILES string of the molecule is CC(C)c1cccc(N(C)C(=O)C2CC(O)CN2)c1. The molecule has 1 aliphatic heterocycles. The van der Waals surface area contributed by atoms with Crippen molar-refractivity contribution in [1.29, 1.82) is 0 Å². The van der Waals surface area contributed by atoms with Crippen molar-refractivity contribution in [1.82, 2.24) is 5.32 Å². The molecule has 0 bridgehead atoms. The van der Waals surface area contributed by atoms with Gasteiger partial charge in [-0.1, -0.05) is 26.0 Å². The summed E-state index contributed by atoms with van der Waals surface area (Å²) in [6.45, 7) is 4.77. The van der Waals surface area contributed by atoms with E-state index < -0.39 is 6.10 Å². The lowest BCUT2D eigenvalue weighted by Crippen LogP contribution is -2.41. The fourth-order valence-electron chi connectivity index (χ4n) is 2.36. The number of nitrogens with one attached hydrogen (secondary N) is 1. The quantitative estimate of drug-likeness (QED) is 0.868. The predicted molar refractivity (Wildman–Crippen MR) is 76.4 cm³/mol. The summed E-state index contributed by atoms with van der Waals surface area (Å²) < 4.78 is 0. The van der Waals surface area contributed by atoms with Crippen LogP contribution in [0.1, 0.15) is 31.7 Å². The van der Waals surface area contributed by atoms with Crippen LogP contribution in [0.3, 0.4) is 0 Å². The summed E-state index contributed by atoms with van der Waals surface area (Å²) in [6, 6.07) is 7.76. The molecule has 0 saturated carbocycles. The normalized spacial score (nSPS) is 22.8. The molecule has 0 aliphatic carbocycles. The number of benzene rings is 1. The molecule has 4 nitrogen and oxygen atoms in total. The van der Waals surface area contributed by atoms with E-state index in [1.807, 2.05) is 18.2 Å². The van der Waals surface area contributed by atoms with E-state index in [2.05, 4.69) is 25.2 Å². The van der Waals surface area contributed by atoms with E-state index in [0.717, 1.165) is 5.69 Å². The van der Waals surface area contributed by atoms with Gasteiger partial charge in [0.2, 0.25) is 5.91 Å². The van der Waals surface area contributed by atoms with Gasteiger partial charge in [-0.3, -0.25) is 4.79 Å². The molecule has 1 aromatic carbocycles. The van der Waals surface area contributed by atoms with E-state index in [1.165, 1.54) is 5.56 Å². The highest BCUT2D eigenvalue weighted by Crippen LogP contribution is 2.22. The Morgan fingerprint density at radius 1 is 1.47 bits per heavy atom. The van der Waals surface area contributed by atoms with Gasteiger partial charge in [0.25, 0.3) is 0 Å². The van der Waals surface area contributed by atoms with Gasteiger partial charge in [0, 0.05) is 19.3 Å². The monoisotopic (exact) mass is 262 g/mol. The summed E-state index contributed by atoms with van der Waals surface area (Å²) in [4.78, 5) is 14.0.